The van der Waals surface area contributed by atoms with Gasteiger partial charge in [0.25, 0.3) is 11.7 Å². The smallest absolute Gasteiger partial charge is 0.329 e. The lowest BCUT2D eigenvalue weighted by atomic mass is 9.78. The van der Waals surface area contributed by atoms with Gasteiger partial charge in [-0.15, -0.1) is 0 Å². The molecule has 1 saturated carbocycles. The zero-order chi connectivity index (χ0) is 97.0. The SMILES string of the molecule is CO[C@H]1C[C@@H]2CC[C@@H](C)[C@@](O)(O2)C(=O)C(=O)N2CCCC[C@H]2C(=O)O[C@H]([C@H](C)C[C@@H]2CC[C@@H](O)[C@H](OC)C2)C[C@@H](O)[C@H](C)/C=C(\C)[C@@H](O)[C@@H](OC)C(=NOCC(=O)CCCOCCC(=O)NCc2cnc(N3CCN(C(=O)CCOCCN4CCN(c5ncc(C(=O)CCCCCn6nc(-c7cnc8c(c7)C=CC8)c7c(N)ncnc76)cn5)CC4)CC3)nc2)[C@H](C)C[C@H](C)/C=C/C=C/C=C/1C. The monoisotopic (exact) mass is 1890 g/mol. The number of nitrogens with one attached hydrogen (secondary N) is 1. The summed E-state index contributed by atoms with van der Waals surface area (Å²) in [5.74, 6) is -6.39. The van der Waals surface area contributed by atoms with Gasteiger partial charge in [0.1, 0.15) is 42.2 Å². The Morgan fingerprint density at radius 2 is 1.44 bits per heavy atom. The number of hydrogen-bond donors (Lipinski definition) is 6. The number of unbranched alkanes of at least 4 members (excludes halogenated alkanes) is 2. The summed E-state index contributed by atoms with van der Waals surface area (Å²) in [6.45, 7) is 20.6. The number of Topliss-reactive ketones (excluding diaryl/α,β-unsaturated/α-hetero) is 3. The number of nitrogens with two attached hydrogens (primary N) is 1. The van der Waals surface area contributed by atoms with Crippen LogP contribution in [-0.2, 0) is 86.3 Å². The summed E-state index contributed by atoms with van der Waals surface area (Å²) in [4.78, 5) is 144. The van der Waals surface area contributed by atoms with Gasteiger partial charge in [-0.25, -0.2) is 39.4 Å². The van der Waals surface area contributed by atoms with Crippen molar-refractivity contribution in [2.75, 3.05) is 135 Å². The number of fused-ring (bicyclic) bond motifs is 5. The Balaban J connectivity index is 0.541. The van der Waals surface area contributed by atoms with Gasteiger partial charge in [-0.05, 0) is 138 Å². The minimum absolute atomic E-state index is 0.00701. The Labute approximate surface area is 798 Å². The van der Waals surface area contributed by atoms with Crippen molar-refractivity contribution in [3.8, 4) is 11.3 Å². The number of aliphatic hydroxyl groups excluding tert-OH is 3. The molecule has 4 saturated heterocycles. The molecule has 742 valence electrons. The molecule has 3 amide bonds. The lowest BCUT2D eigenvalue weighted by molar-refractivity contribution is -0.265. The molecule has 10 heterocycles. The Morgan fingerprint density at radius 3 is 2.18 bits per heavy atom. The number of rotatable bonds is 34. The lowest BCUT2D eigenvalue weighted by Gasteiger charge is -2.43. The van der Waals surface area contributed by atoms with Crippen LogP contribution in [0.25, 0.3) is 28.4 Å². The summed E-state index contributed by atoms with van der Waals surface area (Å²) in [5.41, 5.74) is 13.5. The molecule has 0 radical (unpaired) electrons. The van der Waals surface area contributed by atoms with Gasteiger partial charge in [-0.3, -0.25) is 38.7 Å². The minimum atomic E-state index is -2.47. The summed E-state index contributed by atoms with van der Waals surface area (Å²) in [6.07, 6.45) is 28.5. The van der Waals surface area contributed by atoms with Crippen LogP contribution in [0.5, 0.6) is 0 Å². The molecular formula is C100H143N17O19. The van der Waals surface area contributed by atoms with Crippen molar-refractivity contribution in [3.63, 3.8) is 0 Å². The van der Waals surface area contributed by atoms with Gasteiger partial charge in [0.2, 0.25) is 29.5 Å². The van der Waals surface area contributed by atoms with Crippen LogP contribution in [0.2, 0.25) is 0 Å². The Morgan fingerprint density at radius 1 is 0.706 bits per heavy atom. The van der Waals surface area contributed by atoms with Crippen LogP contribution >= 0.6 is 0 Å². The molecule has 0 unspecified atom stereocenters. The van der Waals surface area contributed by atoms with E-state index in [0.29, 0.717) is 180 Å². The number of aromatic nitrogens is 9. The molecule has 16 atom stereocenters. The number of oxime groups is 1. The number of ketones is 3. The number of ether oxygens (including phenoxy) is 7. The van der Waals surface area contributed by atoms with E-state index in [2.05, 4.69) is 73.4 Å². The van der Waals surface area contributed by atoms with Gasteiger partial charge in [0.15, 0.2) is 23.8 Å². The maximum absolute atomic E-state index is 14.8. The number of anilines is 3. The quantitative estimate of drug-likeness (QED) is 0.00558. The molecule has 2 bridgehead atoms. The van der Waals surface area contributed by atoms with E-state index in [1.807, 2.05) is 78.8 Å². The first-order valence-corrected chi connectivity index (χ1v) is 48.8. The Bertz CT molecular complexity index is 4980. The Hall–Kier alpha value is -10.1. The lowest BCUT2D eigenvalue weighted by Crippen LogP contribution is -2.61. The fourth-order valence-corrected chi connectivity index (χ4v) is 19.3. The normalized spacial score (nSPS) is 28.0. The molecule has 7 N–H and O–H groups in total. The van der Waals surface area contributed by atoms with Crippen LogP contribution in [-0.4, -0.2) is 307 Å². The number of methoxy groups -OCH3 is 3. The zero-order valence-corrected chi connectivity index (χ0v) is 80.9. The molecule has 36 heteroatoms. The second-order valence-electron chi connectivity index (χ2n) is 37.8. The van der Waals surface area contributed by atoms with E-state index in [-0.39, 0.29) is 125 Å². The van der Waals surface area contributed by atoms with Crippen molar-refractivity contribution >= 4 is 81.6 Å². The number of carbonyl (C=O) groups is 7. The zero-order valence-electron chi connectivity index (χ0n) is 80.9. The maximum atomic E-state index is 14.8. The fraction of sp³-hybridized carbons (Fsp3) is 0.640. The molecule has 0 spiro atoms. The number of pyridine rings is 1. The minimum Gasteiger partial charge on any atom is -0.460 e. The van der Waals surface area contributed by atoms with Crippen LogP contribution in [0.15, 0.2) is 102 Å². The summed E-state index contributed by atoms with van der Waals surface area (Å²) >= 11 is 0. The first-order chi connectivity index (χ1) is 65.6. The second kappa shape index (κ2) is 51.5. The van der Waals surface area contributed by atoms with E-state index in [1.165, 1.54) is 18.3 Å². The summed E-state index contributed by atoms with van der Waals surface area (Å²) in [6, 6.07) is 0.912. The third kappa shape index (κ3) is 28.8. The number of aryl methyl sites for hydroxylation is 1. The number of amides is 3. The number of nitrogen functional groups attached to an aromatic ring is 1. The largest absolute Gasteiger partial charge is 0.460 e. The van der Waals surface area contributed by atoms with Crippen LogP contribution < -0.4 is 20.9 Å². The van der Waals surface area contributed by atoms with Gasteiger partial charge in [-0.2, -0.15) is 5.10 Å². The van der Waals surface area contributed by atoms with Crippen molar-refractivity contribution in [1.29, 1.82) is 0 Å². The molecule has 7 aliphatic rings. The van der Waals surface area contributed by atoms with E-state index in [4.69, 9.17) is 48.8 Å². The standard InChI is InChI=1S/C100H143N17O19/c1-64-21-13-11-14-22-65(2)83(129-8)54-77-30-28-70(7)100(128,136-77)93(125)96(126)116-34-18-16-26-79(116)97(127)135-84(67(4)51-71-29-31-81(120)85(52-71)130-9)55-82(121)66(3)50-69(6)91(124)92(131-10)89(68(5)49-64)111-134-62-76(118)24-20-45-132-46-32-86(122)103-56-72-57-104-98(105-58-72)115-42-40-113(41-43-115)87(123)33-47-133-48-44-112-36-38-114(39-37-112)99-106-60-75(61-107-99)80(119)27-15-12-17-35-117-95-88(94(101)108-63-109-95)90(110-117)74-53-73-23-19-25-78(73)102-59-74/h11,13-14,19,21-23,50,53,57-61,63-64,66-68,70-71,77,79,81-85,91-92,120-121,124,128H,12,15-18,20,24-49,51-52,54-56,62H2,1-10H3,(H,103,122)(H2,101,108,109)/b14-11+,21-13+,65-22+,69-50+,111-89?/t64-,66-,67-,68-,70-,71+,77+,79+,81-,82-,83+,84+,85-,91-,92+,100-/m1/s1. The van der Waals surface area contributed by atoms with Gasteiger partial charge in [0, 0.05) is 205 Å². The molecule has 36 nitrogen and oxygen atoms in total. The van der Waals surface area contributed by atoms with Gasteiger partial charge >= 0.3 is 5.97 Å². The third-order valence-electron chi connectivity index (χ3n) is 27.7. The van der Waals surface area contributed by atoms with Crippen LogP contribution in [0.1, 0.15) is 204 Å². The van der Waals surface area contributed by atoms with Gasteiger partial charge in [-0.1, -0.05) is 94.8 Å². The fourth-order valence-electron chi connectivity index (χ4n) is 19.3. The number of allylic oxidation sites excluding steroid dienone is 6. The van der Waals surface area contributed by atoms with E-state index in [0.717, 1.165) is 74.4 Å². The van der Waals surface area contributed by atoms with Crippen molar-refractivity contribution in [1.82, 2.24) is 64.7 Å². The van der Waals surface area contributed by atoms with Crippen LogP contribution in [0, 0.1) is 35.5 Å². The third-order valence-corrected chi connectivity index (χ3v) is 27.7. The van der Waals surface area contributed by atoms with E-state index < -0.39 is 84.1 Å². The number of nitrogens with zero attached hydrogens (tertiary/aromatic N) is 15. The second-order valence-corrected chi connectivity index (χ2v) is 37.8. The first-order valence-electron chi connectivity index (χ1n) is 48.8. The molecule has 0 aromatic carbocycles. The Kier molecular flexibility index (Phi) is 39.7. The van der Waals surface area contributed by atoms with Crippen molar-refractivity contribution < 1.29 is 92.0 Å². The predicted octanol–water partition coefficient (Wildman–Crippen LogP) is 9.10. The first kappa shape index (κ1) is 105. The van der Waals surface area contributed by atoms with E-state index >= 15 is 0 Å². The number of esters is 1. The van der Waals surface area contributed by atoms with Crippen molar-refractivity contribution in [2.24, 2.45) is 40.7 Å². The van der Waals surface area contributed by atoms with Crippen molar-refractivity contribution in [2.45, 2.75) is 257 Å². The molecule has 5 aliphatic heterocycles. The average molecular weight is 1890 g/mol. The highest BCUT2D eigenvalue weighted by Gasteiger charge is 2.53. The predicted molar refractivity (Wildman–Crippen MR) is 511 cm³/mol. The van der Waals surface area contributed by atoms with Crippen molar-refractivity contribution in [3.05, 3.63) is 119 Å². The summed E-state index contributed by atoms with van der Waals surface area (Å²) < 4.78 is 43.9. The highest BCUT2D eigenvalue weighted by Crippen LogP contribution is 2.40. The van der Waals surface area contributed by atoms with Gasteiger partial charge in [0.05, 0.1) is 79.1 Å². The highest BCUT2D eigenvalue weighted by molar-refractivity contribution is 6.39. The summed E-state index contributed by atoms with van der Waals surface area (Å²) in [5, 5.41) is 60.4. The summed E-state index contributed by atoms with van der Waals surface area (Å²) in [7, 11) is 4.60. The molecule has 2 aliphatic carbocycles. The molecule has 136 heavy (non-hydrogen) atoms. The molecular weight excluding hydrogens is 1740 g/mol. The van der Waals surface area contributed by atoms with E-state index in [1.54, 1.807) is 65.9 Å². The number of aliphatic hydroxyl groups is 4. The molecule has 5 fully saturated rings. The number of hydrogen-bond acceptors (Lipinski definition) is 32. The highest BCUT2D eigenvalue weighted by atomic mass is 16.6. The number of piperidine rings is 1. The van der Waals surface area contributed by atoms with Crippen LogP contribution in [0.4, 0.5) is 17.7 Å². The average Bonchev–Trinajstić information content (AvgIpc) is 1.58. The number of carbonyl (C=O) groups excluding carboxylic acids is 7. The number of cyclic esters (lactones) is 1. The maximum Gasteiger partial charge on any atom is 0.329 e. The van der Waals surface area contributed by atoms with E-state index in [9.17, 15) is 54.0 Å². The molecule has 5 aromatic heterocycles. The number of piperazine rings is 2. The topological polar surface area (TPSA) is 449 Å². The molecule has 12 rings (SSSR count). The van der Waals surface area contributed by atoms with Crippen LogP contribution in [0.3, 0.4) is 0 Å². The van der Waals surface area contributed by atoms with Gasteiger partial charge < -0.3 is 89.1 Å². The molecule has 5 aromatic rings.